The molecule has 0 bridgehead atoms. The molecule has 0 aliphatic carbocycles. The molecule has 4 aromatic rings. The van der Waals surface area contributed by atoms with Crippen LogP contribution in [0.25, 0.3) is 22.2 Å². The third kappa shape index (κ3) is 5.14. The van der Waals surface area contributed by atoms with Crippen LogP contribution < -0.4 is 4.74 Å². The number of hydrogen-bond donors (Lipinski definition) is 0. The average Bonchev–Trinajstić information content (AvgIpc) is 3.29. The number of aromatic nitrogens is 4. The monoisotopic (exact) mass is 506 g/mol. The minimum atomic E-state index is -0.0386. The minimum absolute atomic E-state index is 0.0386. The lowest BCUT2D eigenvalue weighted by molar-refractivity contribution is 0.165. The van der Waals surface area contributed by atoms with E-state index in [4.69, 9.17) is 21.3 Å². The van der Waals surface area contributed by atoms with Crippen molar-refractivity contribution in [1.82, 2.24) is 29.5 Å². The number of urea groups is 1. The summed E-state index contributed by atoms with van der Waals surface area (Å²) < 4.78 is 8.15. The maximum atomic E-state index is 12.8. The quantitative estimate of drug-likeness (QED) is 0.317. The van der Waals surface area contributed by atoms with E-state index in [0.717, 1.165) is 39.0 Å². The third-order valence-corrected chi connectivity index (χ3v) is 6.59. The first-order valence-corrected chi connectivity index (χ1v) is 12.3. The molecule has 36 heavy (non-hydrogen) atoms. The van der Waals surface area contributed by atoms with Gasteiger partial charge in [-0.05, 0) is 44.5 Å². The Labute approximate surface area is 216 Å². The number of ether oxygens (including phenoxy) is 1. The molecule has 3 heterocycles. The fourth-order valence-corrected chi connectivity index (χ4v) is 4.56. The molecule has 0 atom stereocenters. The fraction of sp³-hybridized carbons (Fsp3) is 0.333. The van der Waals surface area contributed by atoms with Gasteiger partial charge in [-0.3, -0.25) is 9.67 Å². The molecule has 188 valence electrons. The lowest BCUT2D eigenvalue weighted by Gasteiger charge is -2.27. The van der Waals surface area contributed by atoms with Crippen LogP contribution in [-0.2, 0) is 20.2 Å². The highest BCUT2D eigenvalue weighted by Gasteiger charge is 2.19. The van der Waals surface area contributed by atoms with E-state index in [0.29, 0.717) is 30.4 Å². The highest BCUT2D eigenvalue weighted by Crippen LogP contribution is 2.33. The minimum Gasteiger partial charge on any atom is -0.487 e. The molecular weight excluding hydrogens is 476 g/mol. The number of nitrogens with zero attached hydrogens (tertiary/aromatic N) is 6. The molecule has 9 heteroatoms. The van der Waals surface area contributed by atoms with Gasteiger partial charge in [-0.25, -0.2) is 9.78 Å². The molecule has 0 unspecified atom stereocenters. The van der Waals surface area contributed by atoms with Crippen molar-refractivity contribution in [3.63, 3.8) is 0 Å². The standard InChI is InChI=1S/C27H31ClN6O2/c1-6-34(7-2)27(35)32(4)16-19-14-29-15-23(28)22(19)17-36-25-10-8-9-20-21(13-18(3)31-26(20)25)24-11-12-30-33(24)5/h8-15H,6-7,16-17H2,1-5H3. The number of fused-ring (bicyclic) bond motifs is 1. The summed E-state index contributed by atoms with van der Waals surface area (Å²) >= 11 is 6.55. The van der Waals surface area contributed by atoms with Crippen LogP contribution in [-0.4, -0.2) is 55.7 Å². The van der Waals surface area contributed by atoms with E-state index >= 15 is 0 Å². The molecule has 0 saturated heterocycles. The molecule has 0 saturated carbocycles. The Bertz CT molecular complexity index is 1380. The molecule has 1 aromatic carbocycles. The Morgan fingerprint density at radius 3 is 2.64 bits per heavy atom. The Morgan fingerprint density at radius 1 is 1.17 bits per heavy atom. The van der Waals surface area contributed by atoms with Crippen LogP contribution in [0.4, 0.5) is 4.79 Å². The smallest absolute Gasteiger partial charge is 0.320 e. The lowest BCUT2D eigenvalue weighted by atomic mass is 10.0. The topological polar surface area (TPSA) is 76.4 Å². The highest BCUT2D eigenvalue weighted by atomic mass is 35.5. The Hall–Kier alpha value is -3.65. The van der Waals surface area contributed by atoms with E-state index in [2.05, 4.69) is 16.1 Å². The van der Waals surface area contributed by atoms with Crippen molar-refractivity contribution < 1.29 is 9.53 Å². The SMILES string of the molecule is CCN(CC)C(=O)N(C)Cc1cncc(Cl)c1COc1cccc2c(-c3ccnn3C)cc(C)nc12. The molecule has 0 aliphatic rings. The van der Waals surface area contributed by atoms with Gasteiger partial charge in [0.15, 0.2) is 0 Å². The molecule has 0 fully saturated rings. The normalized spacial score (nSPS) is 11.1. The molecule has 8 nitrogen and oxygen atoms in total. The van der Waals surface area contributed by atoms with E-state index in [9.17, 15) is 4.79 Å². The number of rotatable bonds is 8. The molecule has 0 N–H and O–H groups in total. The Kier molecular flexibility index (Phi) is 7.74. The van der Waals surface area contributed by atoms with Gasteiger partial charge < -0.3 is 14.5 Å². The summed E-state index contributed by atoms with van der Waals surface area (Å²) in [5.74, 6) is 0.658. The van der Waals surface area contributed by atoms with E-state index in [1.807, 2.05) is 56.8 Å². The summed E-state index contributed by atoms with van der Waals surface area (Å²) in [5, 5.41) is 5.79. The van der Waals surface area contributed by atoms with Crippen molar-refractivity contribution in [2.45, 2.75) is 33.9 Å². The second-order valence-corrected chi connectivity index (χ2v) is 9.07. The van der Waals surface area contributed by atoms with Gasteiger partial charge >= 0.3 is 6.03 Å². The van der Waals surface area contributed by atoms with Gasteiger partial charge in [-0.2, -0.15) is 5.10 Å². The number of benzene rings is 1. The van der Waals surface area contributed by atoms with E-state index < -0.39 is 0 Å². The summed E-state index contributed by atoms with van der Waals surface area (Å²) in [6.45, 7) is 7.80. The van der Waals surface area contributed by atoms with Crippen molar-refractivity contribution in [2.24, 2.45) is 7.05 Å². The number of para-hydroxylation sites is 1. The highest BCUT2D eigenvalue weighted by molar-refractivity contribution is 6.31. The summed E-state index contributed by atoms with van der Waals surface area (Å²) in [6, 6.07) is 9.91. The number of carbonyl (C=O) groups is 1. The largest absolute Gasteiger partial charge is 0.487 e. The first kappa shape index (κ1) is 25.4. The zero-order valence-corrected chi connectivity index (χ0v) is 22.1. The Balaban J connectivity index is 1.64. The van der Waals surface area contributed by atoms with Crippen molar-refractivity contribution in [3.05, 3.63) is 70.8 Å². The van der Waals surface area contributed by atoms with Gasteiger partial charge in [0.05, 0.1) is 10.7 Å². The maximum Gasteiger partial charge on any atom is 0.320 e. The molecule has 0 spiro atoms. The van der Waals surface area contributed by atoms with Crippen LogP contribution in [0, 0.1) is 6.92 Å². The average molecular weight is 507 g/mol. The van der Waals surface area contributed by atoms with Gasteiger partial charge in [0, 0.05) is 74.5 Å². The summed E-state index contributed by atoms with van der Waals surface area (Å²) in [7, 11) is 3.70. The predicted octanol–water partition coefficient (Wildman–Crippen LogP) is 5.46. The van der Waals surface area contributed by atoms with Gasteiger partial charge in [-0.1, -0.05) is 23.7 Å². The molecule has 3 aromatic heterocycles. The van der Waals surface area contributed by atoms with Crippen molar-refractivity contribution in [2.75, 3.05) is 20.1 Å². The molecule has 0 aliphatic heterocycles. The van der Waals surface area contributed by atoms with Crippen LogP contribution in [0.2, 0.25) is 5.02 Å². The number of hydrogen-bond acceptors (Lipinski definition) is 5. The van der Waals surface area contributed by atoms with E-state index in [1.165, 1.54) is 0 Å². The maximum absolute atomic E-state index is 12.8. The van der Waals surface area contributed by atoms with Gasteiger partial charge in [0.2, 0.25) is 0 Å². The van der Waals surface area contributed by atoms with Crippen LogP contribution in [0.5, 0.6) is 5.75 Å². The zero-order valence-electron chi connectivity index (χ0n) is 21.3. The van der Waals surface area contributed by atoms with Crippen LogP contribution in [0.15, 0.2) is 48.9 Å². The van der Waals surface area contributed by atoms with Crippen LogP contribution in [0.3, 0.4) is 0 Å². The zero-order chi connectivity index (χ0) is 25.8. The first-order valence-electron chi connectivity index (χ1n) is 12.0. The van der Waals surface area contributed by atoms with Gasteiger partial charge in [0.25, 0.3) is 0 Å². The van der Waals surface area contributed by atoms with Crippen LogP contribution in [0.1, 0.15) is 30.7 Å². The number of pyridine rings is 2. The number of amides is 2. The first-order chi connectivity index (χ1) is 17.3. The summed E-state index contributed by atoms with van der Waals surface area (Å²) in [4.78, 5) is 25.3. The third-order valence-electron chi connectivity index (χ3n) is 6.26. The second-order valence-electron chi connectivity index (χ2n) is 8.66. The van der Waals surface area contributed by atoms with E-state index in [-0.39, 0.29) is 12.6 Å². The van der Waals surface area contributed by atoms with Gasteiger partial charge in [0.1, 0.15) is 17.9 Å². The molecule has 2 amide bonds. The Morgan fingerprint density at radius 2 is 1.94 bits per heavy atom. The summed E-state index contributed by atoms with van der Waals surface area (Å²) in [6.07, 6.45) is 5.12. The second kappa shape index (κ2) is 11.0. The predicted molar refractivity (Wildman–Crippen MR) is 142 cm³/mol. The number of aryl methyl sites for hydroxylation is 2. The van der Waals surface area contributed by atoms with E-state index in [1.54, 1.807) is 35.4 Å². The van der Waals surface area contributed by atoms with Gasteiger partial charge in [-0.15, -0.1) is 0 Å². The van der Waals surface area contributed by atoms with Crippen LogP contribution >= 0.6 is 11.6 Å². The lowest BCUT2D eigenvalue weighted by Crippen LogP contribution is -2.40. The van der Waals surface area contributed by atoms with Crippen molar-refractivity contribution in [3.8, 4) is 17.0 Å². The molecule has 0 radical (unpaired) electrons. The van der Waals surface area contributed by atoms with Crippen molar-refractivity contribution in [1.29, 1.82) is 0 Å². The summed E-state index contributed by atoms with van der Waals surface area (Å²) in [5.41, 5.74) is 5.33. The molecule has 4 rings (SSSR count). The molecular formula is C27H31ClN6O2. The fourth-order valence-electron chi connectivity index (χ4n) is 4.33. The van der Waals surface area contributed by atoms with Crippen molar-refractivity contribution >= 4 is 28.5 Å². The number of carbonyl (C=O) groups excluding carboxylic acids is 1. The number of halogens is 1.